The Balaban J connectivity index is 0.00000128. The average molecular weight is 448 g/mol. The summed E-state index contributed by atoms with van der Waals surface area (Å²) in [6.45, 7) is 4.44. The normalized spacial score (nSPS) is 22.3. The van der Waals surface area contributed by atoms with Crippen LogP contribution in [-0.4, -0.2) is 35.4 Å². The van der Waals surface area contributed by atoms with Crippen LogP contribution in [0.25, 0.3) is 10.9 Å². The highest BCUT2D eigenvalue weighted by Gasteiger charge is 2.47. The van der Waals surface area contributed by atoms with Crippen LogP contribution in [0.2, 0.25) is 0 Å². The van der Waals surface area contributed by atoms with E-state index in [2.05, 4.69) is 22.4 Å². The molecule has 1 N–H and O–H groups in total. The predicted octanol–water partition coefficient (Wildman–Crippen LogP) is 4.56. The van der Waals surface area contributed by atoms with Gasteiger partial charge < -0.3 is 10.2 Å². The van der Waals surface area contributed by atoms with Gasteiger partial charge in [-0.05, 0) is 42.7 Å². The number of carbonyl (C=O) groups is 1. The van der Waals surface area contributed by atoms with E-state index in [9.17, 15) is 9.18 Å². The molecule has 3 heterocycles. The molecule has 1 aromatic heterocycles. The molecule has 0 aliphatic carbocycles. The number of carbonyl (C=O) groups excluding carboxylic acids is 1. The van der Waals surface area contributed by atoms with Gasteiger partial charge >= 0.3 is 0 Å². The van der Waals surface area contributed by atoms with Crippen molar-refractivity contribution >= 4 is 41.6 Å². The third-order valence-corrected chi connectivity index (χ3v) is 6.10. The molecule has 158 valence electrons. The average Bonchev–Trinajstić information content (AvgIpc) is 3.29. The van der Waals surface area contributed by atoms with Gasteiger partial charge in [-0.25, -0.2) is 4.39 Å². The fourth-order valence-electron chi connectivity index (χ4n) is 4.87. The summed E-state index contributed by atoms with van der Waals surface area (Å²) < 4.78 is 13.9. The van der Waals surface area contributed by atoms with E-state index in [0.29, 0.717) is 34.8 Å². The molecule has 2 aromatic carbocycles. The van der Waals surface area contributed by atoms with E-state index in [0.717, 1.165) is 24.3 Å². The number of benzene rings is 2. The molecule has 5 rings (SSSR count). The monoisotopic (exact) mass is 447 g/mol. The highest BCUT2D eigenvalue weighted by Crippen LogP contribution is 2.43. The minimum Gasteiger partial charge on any atom is -0.331 e. The van der Waals surface area contributed by atoms with E-state index in [-0.39, 0.29) is 42.6 Å². The zero-order chi connectivity index (χ0) is 19.3. The van der Waals surface area contributed by atoms with Crippen molar-refractivity contribution in [2.24, 2.45) is 11.8 Å². The third-order valence-electron chi connectivity index (χ3n) is 6.10. The van der Waals surface area contributed by atoms with Gasteiger partial charge in [-0.1, -0.05) is 30.3 Å². The molecule has 3 aromatic rings. The van der Waals surface area contributed by atoms with E-state index in [1.165, 1.54) is 12.1 Å². The van der Waals surface area contributed by atoms with Crippen molar-refractivity contribution in [2.45, 2.75) is 13.0 Å². The lowest BCUT2D eigenvalue weighted by molar-refractivity contribution is 0.0716. The zero-order valence-corrected chi connectivity index (χ0v) is 18.2. The number of likely N-dealkylation sites (tertiary alicyclic amines) is 1. The maximum Gasteiger partial charge on any atom is 0.255 e. The summed E-state index contributed by atoms with van der Waals surface area (Å²) >= 11 is 0. The maximum atomic E-state index is 13.9. The first-order valence-electron chi connectivity index (χ1n) is 9.75. The number of amides is 1. The number of hydrogen-bond donors (Lipinski definition) is 1. The van der Waals surface area contributed by atoms with Crippen LogP contribution in [0.15, 0.2) is 54.6 Å². The predicted molar refractivity (Wildman–Crippen MR) is 121 cm³/mol. The van der Waals surface area contributed by atoms with E-state index in [1.54, 1.807) is 12.1 Å². The summed E-state index contributed by atoms with van der Waals surface area (Å²) in [4.78, 5) is 20.2. The molecule has 2 fully saturated rings. The number of aryl methyl sites for hydroxylation is 1. The first kappa shape index (κ1) is 22.5. The van der Waals surface area contributed by atoms with Crippen molar-refractivity contribution in [2.75, 3.05) is 19.6 Å². The molecule has 2 saturated heterocycles. The molecule has 2 aliphatic rings. The van der Waals surface area contributed by atoms with Crippen LogP contribution in [-0.2, 0) is 0 Å². The summed E-state index contributed by atoms with van der Waals surface area (Å²) in [5.41, 5.74) is 3.12. The SMILES string of the molecule is Cc1cc(C(=O)N2C[C@@H]3CNC[C@@H]3[C@H]2c2ccccc2)c2cc(F)ccc2n1.Cl.Cl. The van der Waals surface area contributed by atoms with Crippen molar-refractivity contribution < 1.29 is 9.18 Å². The second-order valence-corrected chi connectivity index (χ2v) is 7.87. The molecule has 3 atom stereocenters. The second kappa shape index (κ2) is 8.88. The number of hydrogen-bond acceptors (Lipinski definition) is 3. The summed E-state index contributed by atoms with van der Waals surface area (Å²) in [6.07, 6.45) is 0. The minimum atomic E-state index is -0.352. The standard InChI is InChI=1S/C23H22FN3O.2ClH/c1-14-9-19(18-10-17(24)7-8-21(18)26-14)23(28)27-13-16-11-25-12-20(16)22(27)15-5-3-2-4-6-15;;/h2-10,16,20,22,25H,11-13H2,1H3;2*1H/t16-,20-,22+;;/m0../s1. The third kappa shape index (κ3) is 3.78. The number of rotatable bonds is 2. The van der Waals surface area contributed by atoms with Crippen molar-refractivity contribution in [3.8, 4) is 0 Å². The van der Waals surface area contributed by atoms with Crippen LogP contribution in [0, 0.1) is 24.6 Å². The molecule has 0 bridgehead atoms. The zero-order valence-electron chi connectivity index (χ0n) is 16.5. The van der Waals surface area contributed by atoms with Crippen LogP contribution in [0.3, 0.4) is 0 Å². The molecule has 30 heavy (non-hydrogen) atoms. The molecule has 0 unspecified atom stereocenters. The molecule has 7 heteroatoms. The van der Waals surface area contributed by atoms with Gasteiger partial charge in [0.1, 0.15) is 5.82 Å². The number of aromatic nitrogens is 1. The van der Waals surface area contributed by atoms with Crippen molar-refractivity contribution in [1.82, 2.24) is 15.2 Å². The second-order valence-electron chi connectivity index (χ2n) is 7.87. The Hall–Kier alpha value is -2.21. The number of nitrogens with zero attached hydrogens (tertiary/aromatic N) is 2. The Labute approximate surface area is 187 Å². The van der Waals surface area contributed by atoms with Crippen LogP contribution in [0.4, 0.5) is 4.39 Å². The quantitative estimate of drug-likeness (QED) is 0.626. The van der Waals surface area contributed by atoms with Crippen molar-refractivity contribution in [3.05, 3.63) is 77.2 Å². The Morgan fingerprint density at radius 1 is 1.10 bits per heavy atom. The Kier molecular flexibility index (Phi) is 6.65. The van der Waals surface area contributed by atoms with Crippen LogP contribution in [0.5, 0.6) is 0 Å². The lowest BCUT2D eigenvalue weighted by Crippen LogP contribution is -2.35. The van der Waals surface area contributed by atoms with E-state index < -0.39 is 0 Å². The van der Waals surface area contributed by atoms with Gasteiger partial charge in [0.2, 0.25) is 0 Å². The summed E-state index contributed by atoms with van der Waals surface area (Å²) in [5.74, 6) is 0.455. The van der Waals surface area contributed by atoms with Crippen molar-refractivity contribution in [1.29, 1.82) is 0 Å². The van der Waals surface area contributed by atoms with Crippen LogP contribution < -0.4 is 5.32 Å². The first-order chi connectivity index (χ1) is 13.6. The largest absolute Gasteiger partial charge is 0.331 e. The van der Waals surface area contributed by atoms with E-state index in [1.807, 2.05) is 30.0 Å². The first-order valence-corrected chi connectivity index (χ1v) is 9.75. The molecular formula is C23H24Cl2FN3O. The maximum absolute atomic E-state index is 13.9. The number of nitrogens with one attached hydrogen (secondary N) is 1. The van der Waals surface area contributed by atoms with E-state index >= 15 is 0 Å². The molecule has 0 saturated carbocycles. The highest BCUT2D eigenvalue weighted by atomic mass is 35.5. The fourth-order valence-corrected chi connectivity index (χ4v) is 4.87. The Bertz CT molecular complexity index is 1060. The number of fused-ring (bicyclic) bond motifs is 2. The minimum absolute atomic E-state index is 0. The fraction of sp³-hybridized carbons (Fsp3) is 0.304. The van der Waals surface area contributed by atoms with Gasteiger partial charge in [-0.15, -0.1) is 24.8 Å². The van der Waals surface area contributed by atoms with Gasteiger partial charge in [0.25, 0.3) is 5.91 Å². The van der Waals surface area contributed by atoms with Crippen molar-refractivity contribution in [3.63, 3.8) is 0 Å². The highest BCUT2D eigenvalue weighted by molar-refractivity contribution is 6.06. The molecule has 2 aliphatic heterocycles. The molecular weight excluding hydrogens is 424 g/mol. The molecule has 0 radical (unpaired) electrons. The van der Waals surface area contributed by atoms with Gasteiger partial charge in [-0.2, -0.15) is 0 Å². The smallest absolute Gasteiger partial charge is 0.255 e. The number of pyridine rings is 1. The summed E-state index contributed by atoms with van der Waals surface area (Å²) in [6, 6.07) is 16.5. The molecule has 1 amide bonds. The van der Waals surface area contributed by atoms with Crippen LogP contribution >= 0.6 is 24.8 Å². The van der Waals surface area contributed by atoms with Gasteiger partial charge in [0.05, 0.1) is 17.1 Å². The Morgan fingerprint density at radius 3 is 2.63 bits per heavy atom. The van der Waals surface area contributed by atoms with E-state index in [4.69, 9.17) is 0 Å². The lowest BCUT2D eigenvalue weighted by Gasteiger charge is -2.29. The lowest BCUT2D eigenvalue weighted by atomic mass is 9.89. The van der Waals surface area contributed by atoms with Crippen LogP contribution in [0.1, 0.15) is 27.7 Å². The molecule has 0 spiro atoms. The van der Waals surface area contributed by atoms with Gasteiger partial charge in [0, 0.05) is 36.6 Å². The summed E-state index contributed by atoms with van der Waals surface area (Å²) in [7, 11) is 0. The van der Waals surface area contributed by atoms with Gasteiger partial charge in [-0.3, -0.25) is 9.78 Å². The van der Waals surface area contributed by atoms with Gasteiger partial charge in [0.15, 0.2) is 0 Å². The Morgan fingerprint density at radius 2 is 1.87 bits per heavy atom. The number of halogens is 3. The summed E-state index contributed by atoms with van der Waals surface area (Å²) in [5, 5.41) is 4.05. The molecule has 4 nitrogen and oxygen atoms in total. The topological polar surface area (TPSA) is 45.2 Å².